The molecule has 1 aliphatic rings. The lowest BCUT2D eigenvalue weighted by atomic mass is 9.93. The highest BCUT2D eigenvalue weighted by atomic mass is 35.5. The van der Waals surface area contributed by atoms with E-state index < -0.39 is 11.2 Å². The Morgan fingerprint density at radius 1 is 1.18 bits per heavy atom. The fourth-order valence-electron chi connectivity index (χ4n) is 3.18. The number of H-pyrrole nitrogens is 1. The van der Waals surface area contributed by atoms with Crippen molar-refractivity contribution in [2.45, 2.75) is 25.3 Å². The van der Waals surface area contributed by atoms with E-state index in [-0.39, 0.29) is 38.8 Å². The minimum absolute atomic E-state index is 0.151. The summed E-state index contributed by atoms with van der Waals surface area (Å²) < 4.78 is 0. The number of aromatic hydroxyl groups is 1. The number of nitrogens with two attached hydrogens (primary N) is 1. The maximum Gasteiger partial charge on any atom is 0.251 e. The maximum atomic E-state index is 12.6. The molecule has 1 saturated carbocycles. The largest absolute Gasteiger partial charge is 0.503 e. The summed E-state index contributed by atoms with van der Waals surface area (Å²) in [5.74, 6) is -0.656. The lowest BCUT2D eigenvalue weighted by Gasteiger charge is -2.26. The number of hydrogen-bond donors (Lipinski definition) is 4. The first-order chi connectivity index (χ1) is 13.3. The van der Waals surface area contributed by atoms with E-state index in [1.165, 1.54) is 18.2 Å². The zero-order chi connectivity index (χ0) is 20.0. The first kappa shape index (κ1) is 18.7. The third-order valence-electron chi connectivity index (χ3n) is 5.05. The lowest BCUT2D eigenvalue weighted by molar-refractivity contribution is 0.0917. The highest BCUT2D eigenvalue weighted by Crippen LogP contribution is 2.35. The van der Waals surface area contributed by atoms with Gasteiger partial charge in [-0.25, -0.2) is 0 Å². The van der Waals surface area contributed by atoms with E-state index in [1.807, 2.05) is 0 Å². The number of carbonyl (C=O) groups excluding carboxylic acids is 1. The number of benzene rings is 2. The second-order valence-electron chi connectivity index (χ2n) is 6.89. The predicted octanol–water partition coefficient (Wildman–Crippen LogP) is 4.07. The molecule has 28 heavy (non-hydrogen) atoms. The highest BCUT2D eigenvalue weighted by molar-refractivity contribution is 6.39. The van der Waals surface area contributed by atoms with Crippen molar-refractivity contribution in [1.82, 2.24) is 10.3 Å². The molecule has 1 aliphatic carbocycles. The monoisotopic (exact) mass is 417 g/mol. The van der Waals surface area contributed by atoms with Crippen LogP contribution in [0.15, 0.2) is 35.1 Å². The zero-order valence-corrected chi connectivity index (χ0v) is 16.2. The van der Waals surface area contributed by atoms with Crippen molar-refractivity contribution in [3.05, 3.63) is 56.2 Å². The molecule has 0 spiro atoms. The highest BCUT2D eigenvalue weighted by Gasteiger charge is 2.21. The van der Waals surface area contributed by atoms with Crippen LogP contribution in [0.2, 0.25) is 10.0 Å². The van der Waals surface area contributed by atoms with E-state index in [0.29, 0.717) is 16.6 Å². The molecule has 1 heterocycles. The quantitative estimate of drug-likeness (QED) is 0.481. The average Bonchev–Trinajstić information content (AvgIpc) is 2.64. The molecule has 0 bridgehead atoms. The number of aromatic amines is 1. The predicted molar refractivity (Wildman–Crippen MR) is 111 cm³/mol. The smallest absolute Gasteiger partial charge is 0.251 e. The average molecular weight is 418 g/mol. The molecule has 3 aromatic rings. The molecule has 0 saturated heterocycles. The Hall–Kier alpha value is -2.70. The van der Waals surface area contributed by atoms with Gasteiger partial charge in [0.2, 0.25) is 5.43 Å². The Bertz CT molecular complexity index is 1150. The van der Waals surface area contributed by atoms with Crippen molar-refractivity contribution in [2.24, 2.45) is 0 Å². The first-order valence-electron chi connectivity index (χ1n) is 8.80. The number of hydrogen-bond acceptors (Lipinski definition) is 4. The lowest BCUT2D eigenvalue weighted by Crippen LogP contribution is -2.39. The third kappa shape index (κ3) is 3.19. The molecule has 0 aliphatic heterocycles. The molecular formula is C20H17Cl2N3O3. The SMILES string of the molecule is Nc1c(Cl)cc(-c2[nH]c3cc(C(=O)NC4CCC4)ccc3c(=O)c2O)cc1Cl. The zero-order valence-electron chi connectivity index (χ0n) is 14.7. The van der Waals surface area contributed by atoms with Crippen molar-refractivity contribution in [3.63, 3.8) is 0 Å². The molecule has 4 rings (SSSR count). The van der Waals surface area contributed by atoms with E-state index in [1.54, 1.807) is 12.1 Å². The molecule has 5 N–H and O–H groups in total. The van der Waals surface area contributed by atoms with Gasteiger partial charge in [0.15, 0.2) is 5.75 Å². The Labute approximate surface area is 170 Å². The number of amides is 1. The standard InChI is InChI=1S/C20H17Cl2N3O3/c21-13-6-10(7-14(22)16(13)23)17-19(27)18(26)12-5-4-9(8-15(12)25-17)20(28)24-11-2-1-3-11/h4-8,11,27H,1-3,23H2,(H,24,28)(H,25,26). The third-order valence-corrected chi connectivity index (χ3v) is 5.67. The second kappa shape index (κ2) is 7.04. The molecule has 0 radical (unpaired) electrons. The van der Waals surface area contributed by atoms with Gasteiger partial charge in [-0.2, -0.15) is 0 Å². The summed E-state index contributed by atoms with van der Waals surface area (Å²) in [5.41, 5.74) is 6.82. The van der Waals surface area contributed by atoms with Gasteiger partial charge < -0.3 is 21.1 Å². The Morgan fingerprint density at radius 3 is 2.46 bits per heavy atom. The Balaban J connectivity index is 1.82. The van der Waals surface area contributed by atoms with Gasteiger partial charge in [0.25, 0.3) is 5.91 Å². The van der Waals surface area contributed by atoms with Gasteiger partial charge in [0, 0.05) is 22.6 Å². The molecule has 6 nitrogen and oxygen atoms in total. The van der Waals surface area contributed by atoms with Crippen LogP contribution in [0.1, 0.15) is 29.6 Å². The van der Waals surface area contributed by atoms with E-state index in [0.717, 1.165) is 19.3 Å². The van der Waals surface area contributed by atoms with Crippen LogP contribution < -0.4 is 16.5 Å². The molecule has 2 aromatic carbocycles. The van der Waals surface area contributed by atoms with E-state index in [9.17, 15) is 14.7 Å². The number of halogens is 2. The molecule has 0 unspecified atom stereocenters. The van der Waals surface area contributed by atoms with Crippen LogP contribution in [0.4, 0.5) is 5.69 Å². The summed E-state index contributed by atoms with van der Waals surface area (Å²) in [6.45, 7) is 0. The summed E-state index contributed by atoms with van der Waals surface area (Å²) in [4.78, 5) is 28.1. The van der Waals surface area contributed by atoms with Crippen LogP contribution in [0.25, 0.3) is 22.2 Å². The number of aromatic nitrogens is 1. The van der Waals surface area contributed by atoms with Crippen molar-refractivity contribution < 1.29 is 9.90 Å². The molecule has 0 atom stereocenters. The minimum Gasteiger partial charge on any atom is -0.503 e. The van der Waals surface area contributed by atoms with Crippen molar-refractivity contribution in [3.8, 4) is 17.0 Å². The summed E-state index contributed by atoms with van der Waals surface area (Å²) in [6, 6.07) is 7.91. The van der Waals surface area contributed by atoms with Gasteiger partial charge in [-0.1, -0.05) is 23.2 Å². The number of pyridine rings is 1. The topological polar surface area (TPSA) is 108 Å². The van der Waals surface area contributed by atoms with Crippen LogP contribution in [0.5, 0.6) is 5.75 Å². The maximum absolute atomic E-state index is 12.6. The molecule has 1 amide bonds. The normalized spacial score (nSPS) is 14.1. The van der Waals surface area contributed by atoms with Crippen LogP contribution >= 0.6 is 23.2 Å². The Kier molecular flexibility index (Phi) is 4.69. The van der Waals surface area contributed by atoms with E-state index in [4.69, 9.17) is 28.9 Å². The molecule has 1 fully saturated rings. The number of rotatable bonds is 3. The fourth-order valence-corrected chi connectivity index (χ4v) is 3.67. The van der Waals surface area contributed by atoms with Crippen LogP contribution in [0.3, 0.4) is 0 Å². The summed E-state index contributed by atoms with van der Waals surface area (Å²) >= 11 is 12.2. The van der Waals surface area contributed by atoms with Gasteiger partial charge in [-0.3, -0.25) is 9.59 Å². The summed E-state index contributed by atoms with van der Waals surface area (Å²) in [6.07, 6.45) is 3.07. The van der Waals surface area contributed by atoms with Crippen molar-refractivity contribution in [1.29, 1.82) is 0 Å². The van der Waals surface area contributed by atoms with Gasteiger partial charge >= 0.3 is 0 Å². The summed E-state index contributed by atoms with van der Waals surface area (Å²) in [7, 11) is 0. The van der Waals surface area contributed by atoms with E-state index in [2.05, 4.69) is 10.3 Å². The van der Waals surface area contributed by atoms with Crippen molar-refractivity contribution >= 4 is 45.7 Å². The van der Waals surface area contributed by atoms with Crippen LogP contribution in [-0.4, -0.2) is 22.0 Å². The van der Waals surface area contributed by atoms with Gasteiger partial charge in [-0.15, -0.1) is 0 Å². The van der Waals surface area contributed by atoms with Gasteiger partial charge in [0.05, 0.1) is 26.9 Å². The van der Waals surface area contributed by atoms with Crippen LogP contribution in [0, 0.1) is 0 Å². The van der Waals surface area contributed by atoms with E-state index >= 15 is 0 Å². The second-order valence-corrected chi connectivity index (χ2v) is 7.71. The first-order valence-corrected chi connectivity index (χ1v) is 9.55. The molecule has 144 valence electrons. The number of fused-ring (bicyclic) bond motifs is 1. The number of anilines is 1. The van der Waals surface area contributed by atoms with Gasteiger partial charge in [0.1, 0.15) is 0 Å². The van der Waals surface area contributed by atoms with Gasteiger partial charge in [-0.05, 0) is 49.6 Å². The number of carbonyl (C=O) groups is 1. The summed E-state index contributed by atoms with van der Waals surface area (Å²) in [5, 5.41) is 14.0. The minimum atomic E-state index is -0.557. The van der Waals surface area contributed by atoms with Crippen molar-refractivity contribution in [2.75, 3.05) is 5.73 Å². The number of nitrogens with one attached hydrogen (secondary N) is 2. The molecular weight excluding hydrogens is 401 g/mol. The fraction of sp³-hybridized carbons (Fsp3) is 0.200. The van der Waals surface area contributed by atoms with Crippen LogP contribution in [-0.2, 0) is 0 Å². The number of nitrogen functional groups attached to an aromatic ring is 1. The Morgan fingerprint density at radius 2 is 1.86 bits per heavy atom. The molecule has 8 heteroatoms. The molecule has 1 aromatic heterocycles.